The van der Waals surface area contributed by atoms with Crippen LogP contribution in [0.2, 0.25) is 5.02 Å². The molecule has 3 aromatic carbocycles. The SMILES string of the molecule is Cc1ccc(C(CCCN)(c2ccccc2)c2ccccc2Cl)cc1. The minimum Gasteiger partial charge on any atom is -0.330 e. The summed E-state index contributed by atoms with van der Waals surface area (Å²) in [4.78, 5) is 0. The third-order valence-corrected chi connectivity index (χ3v) is 5.23. The van der Waals surface area contributed by atoms with E-state index in [1.54, 1.807) is 0 Å². The molecule has 0 spiro atoms. The van der Waals surface area contributed by atoms with E-state index in [2.05, 4.69) is 73.7 Å². The van der Waals surface area contributed by atoms with Gasteiger partial charge in [-0.25, -0.2) is 0 Å². The smallest absolute Gasteiger partial charge is 0.0466 e. The molecule has 0 aliphatic carbocycles. The first-order valence-corrected chi connectivity index (χ1v) is 9.14. The Morgan fingerprint density at radius 3 is 2.04 bits per heavy atom. The Balaban J connectivity index is 2.31. The summed E-state index contributed by atoms with van der Waals surface area (Å²) >= 11 is 6.69. The van der Waals surface area contributed by atoms with Gasteiger partial charge >= 0.3 is 0 Å². The first-order chi connectivity index (χ1) is 12.2. The molecule has 2 heteroatoms. The summed E-state index contributed by atoms with van der Waals surface area (Å²) in [5, 5.41) is 0.795. The van der Waals surface area contributed by atoms with Crippen molar-refractivity contribution in [3.63, 3.8) is 0 Å². The van der Waals surface area contributed by atoms with E-state index in [0.29, 0.717) is 6.54 Å². The molecule has 0 aliphatic heterocycles. The molecule has 3 rings (SSSR count). The average molecular weight is 350 g/mol. The van der Waals surface area contributed by atoms with Crippen LogP contribution in [0.1, 0.15) is 35.1 Å². The van der Waals surface area contributed by atoms with Crippen LogP contribution in [-0.2, 0) is 5.41 Å². The van der Waals surface area contributed by atoms with Crippen molar-refractivity contribution in [1.82, 2.24) is 0 Å². The fourth-order valence-corrected chi connectivity index (χ4v) is 3.93. The summed E-state index contributed by atoms with van der Waals surface area (Å²) < 4.78 is 0. The van der Waals surface area contributed by atoms with Crippen molar-refractivity contribution >= 4 is 11.6 Å². The topological polar surface area (TPSA) is 26.0 Å². The highest BCUT2D eigenvalue weighted by Gasteiger charge is 2.37. The monoisotopic (exact) mass is 349 g/mol. The van der Waals surface area contributed by atoms with E-state index in [1.165, 1.54) is 16.7 Å². The van der Waals surface area contributed by atoms with Crippen LogP contribution in [0.25, 0.3) is 0 Å². The van der Waals surface area contributed by atoms with E-state index in [9.17, 15) is 0 Å². The number of hydrogen-bond donors (Lipinski definition) is 1. The zero-order chi connectivity index (χ0) is 17.7. The van der Waals surface area contributed by atoms with Gasteiger partial charge in [0.15, 0.2) is 0 Å². The predicted octanol–water partition coefficient (Wildman–Crippen LogP) is 5.72. The van der Waals surface area contributed by atoms with Gasteiger partial charge in [-0.2, -0.15) is 0 Å². The number of nitrogens with two attached hydrogens (primary N) is 1. The van der Waals surface area contributed by atoms with Crippen LogP contribution in [0.3, 0.4) is 0 Å². The lowest BCUT2D eigenvalue weighted by Gasteiger charge is -2.37. The van der Waals surface area contributed by atoms with Crippen LogP contribution in [-0.4, -0.2) is 6.54 Å². The Hall–Kier alpha value is -2.09. The Bertz CT molecular complexity index is 811. The Morgan fingerprint density at radius 2 is 1.40 bits per heavy atom. The summed E-state index contributed by atoms with van der Waals surface area (Å²) in [5.74, 6) is 0. The van der Waals surface area contributed by atoms with E-state index in [4.69, 9.17) is 17.3 Å². The molecule has 1 atom stereocenters. The van der Waals surface area contributed by atoms with Gasteiger partial charge in [0.1, 0.15) is 0 Å². The molecule has 3 aromatic rings. The number of aryl methyl sites for hydroxylation is 1. The van der Waals surface area contributed by atoms with E-state index in [1.807, 2.05) is 12.1 Å². The highest BCUT2D eigenvalue weighted by atomic mass is 35.5. The quantitative estimate of drug-likeness (QED) is 0.566. The fraction of sp³-hybridized carbons (Fsp3) is 0.217. The van der Waals surface area contributed by atoms with E-state index in [-0.39, 0.29) is 5.41 Å². The number of hydrogen-bond acceptors (Lipinski definition) is 1. The van der Waals surface area contributed by atoms with Crippen LogP contribution in [0.15, 0.2) is 78.9 Å². The lowest BCUT2D eigenvalue weighted by Crippen LogP contribution is -2.30. The molecular weight excluding hydrogens is 326 g/mol. The molecule has 0 bridgehead atoms. The van der Waals surface area contributed by atoms with Gasteiger partial charge in [-0.1, -0.05) is 90.0 Å². The van der Waals surface area contributed by atoms with Gasteiger partial charge in [0.2, 0.25) is 0 Å². The molecule has 0 heterocycles. The van der Waals surface area contributed by atoms with Gasteiger partial charge in [0.25, 0.3) is 0 Å². The minimum atomic E-state index is -0.299. The van der Waals surface area contributed by atoms with E-state index < -0.39 is 0 Å². The van der Waals surface area contributed by atoms with Crippen LogP contribution in [0.5, 0.6) is 0 Å². The van der Waals surface area contributed by atoms with Crippen LogP contribution in [0, 0.1) is 6.92 Å². The summed E-state index contributed by atoms with van der Waals surface area (Å²) in [5.41, 5.74) is 10.5. The molecular formula is C23H24ClN. The fourth-order valence-electron chi connectivity index (χ4n) is 3.64. The molecule has 2 N–H and O–H groups in total. The Labute approximate surface area is 155 Å². The highest BCUT2D eigenvalue weighted by molar-refractivity contribution is 6.31. The minimum absolute atomic E-state index is 0.299. The van der Waals surface area contributed by atoms with Crippen LogP contribution in [0.4, 0.5) is 0 Å². The van der Waals surface area contributed by atoms with Gasteiger partial charge in [-0.15, -0.1) is 0 Å². The van der Waals surface area contributed by atoms with Gasteiger partial charge in [0.05, 0.1) is 0 Å². The maximum Gasteiger partial charge on any atom is 0.0466 e. The zero-order valence-corrected chi connectivity index (χ0v) is 15.3. The second kappa shape index (κ2) is 7.86. The van der Waals surface area contributed by atoms with Crippen molar-refractivity contribution in [2.75, 3.05) is 6.54 Å². The van der Waals surface area contributed by atoms with Gasteiger partial charge in [0, 0.05) is 10.4 Å². The third-order valence-electron chi connectivity index (χ3n) is 4.90. The normalized spacial score (nSPS) is 13.4. The number of rotatable bonds is 6. The highest BCUT2D eigenvalue weighted by Crippen LogP contribution is 2.45. The Morgan fingerprint density at radius 1 is 0.800 bits per heavy atom. The third kappa shape index (κ3) is 3.49. The molecule has 25 heavy (non-hydrogen) atoms. The molecule has 128 valence electrons. The number of halogens is 1. The van der Waals surface area contributed by atoms with Gasteiger partial charge < -0.3 is 5.73 Å². The van der Waals surface area contributed by atoms with Crippen molar-refractivity contribution in [3.05, 3.63) is 106 Å². The van der Waals surface area contributed by atoms with Crippen molar-refractivity contribution in [1.29, 1.82) is 0 Å². The first-order valence-electron chi connectivity index (χ1n) is 8.76. The van der Waals surface area contributed by atoms with Crippen molar-refractivity contribution in [2.45, 2.75) is 25.2 Å². The second-order valence-electron chi connectivity index (χ2n) is 6.51. The van der Waals surface area contributed by atoms with Crippen molar-refractivity contribution in [3.8, 4) is 0 Å². The van der Waals surface area contributed by atoms with Crippen LogP contribution < -0.4 is 5.73 Å². The molecule has 0 fully saturated rings. The predicted molar refractivity (Wildman–Crippen MR) is 107 cm³/mol. The molecule has 1 nitrogen and oxygen atoms in total. The largest absolute Gasteiger partial charge is 0.330 e. The molecule has 1 unspecified atom stereocenters. The maximum absolute atomic E-state index is 6.69. The van der Waals surface area contributed by atoms with Crippen LogP contribution >= 0.6 is 11.6 Å². The zero-order valence-electron chi connectivity index (χ0n) is 14.6. The molecule has 0 saturated heterocycles. The summed E-state index contributed by atoms with van der Waals surface area (Å²) in [6.07, 6.45) is 1.84. The van der Waals surface area contributed by atoms with Gasteiger partial charge in [-0.05, 0) is 49.1 Å². The molecule has 0 aliphatic rings. The molecule has 0 aromatic heterocycles. The molecule has 0 saturated carbocycles. The second-order valence-corrected chi connectivity index (χ2v) is 6.92. The Kier molecular flexibility index (Phi) is 5.57. The number of benzene rings is 3. The van der Waals surface area contributed by atoms with E-state index >= 15 is 0 Å². The van der Waals surface area contributed by atoms with Gasteiger partial charge in [-0.3, -0.25) is 0 Å². The average Bonchev–Trinajstić information content (AvgIpc) is 2.65. The summed E-state index contributed by atoms with van der Waals surface area (Å²) in [6, 6.07) is 27.6. The molecule has 0 radical (unpaired) electrons. The summed E-state index contributed by atoms with van der Waals surface area (Å²) in [6.45, 7) is 2.77. The summed E-state index contributed by atoms with van der Waals surface area (Å²) in [7, 11) is 0. The first kappa shape index (κ1) is 17.7. The van der Waals surface area contributed by atoms with E-state index in [0.717, 1.165) is 23.4 Å². The van der Waals surface area contributed by atoms with Crippen molar-refractivity contribution in [2.24, 2.45) is 5.73 Å². The standard InChI is InChI=1S/C23H24ClN/c1-18-12-14-20(15-13-18)23(16-7-17-25,19-8-3-2-4-9-19)21-10-5-6-11-22(21)24/h2-6,8-15H,7,16-17,25H2,1H3. The lowest BCUT2D eigenvalue weighted by atomic mass is 9.66. The maximum atomic E-state index is 6.69. The van der Waals surface area contributed by atoms with Crippen molar-refractivity contribution < 1.29 is 0 Å². The lowest BCUT2D eigenvalue weighted by molar-refractivity contribution is 0.537. The molecule has 0 amide bonds.